The Balaban J connectivity index is 2.08. The molecule has 0 unspecified atom stereocenters. The minimum Gasteiger partial charge on any atom is -0.294 e. The highest BCUT2D eigenvalue weighted by Gasteiger charge is 2.15. The van der Waals surface area contributed by atoms with Crippen molar-refractivity contribution in [1.29, 1.82) is 5.41 Å². The largest absolute Gasteiger partial charge is 0.294 e. The van der Waals surface area contributed by atoms with Crippen LogP contribution in [0.15, 0.2) is 30.5 Å². The number of hydroxylamine groups is 1. The lowest BCUT2D eigenvalue weighted by atomic mass is 10.2. The van der Waals surface area contributed by atoms with Crippen LogP contribution >= 0.6 is 11.3 Å². The molecule has 0 saturated carbocycles. The van der Waals surface area contributed by atoms with Gasteiger partial charge in [0.2, 0.25) is 0 Å². The molecular weight excluding hydrogens is 279 g/mol. The lowest BCUT2D eigenvalue weighted by Crippen LogP contribution is -2.18. The van der Waals surface area contributed by atoms with Crippen molar-refractivity contribution in [2.75, 3.05) is 0 Å². The highest BCUT2D eigenvalue weighted by molar-refractivity contribution is 7.19. The summed E-state index contributed by atoms with van der Waals surface area (Å²) in [5, 5.41) is 16.4. The number of benzene rings is 1. The summed E-state index contributed by atoms with van der Waals surface area (Å²) in [5.74, 6) is -0.336. The average molecular weight is 290 g/mol. The molecule has 2 heterocycles. The highest BCUT2D eigenvalue weighted by atomic mass is 32.1. The molecule has 20 heavy (non-hydrogen) atoms. The van der Waals surface area contributed by atoms with Crippen molar-refractivity contribution in [1.82, 2.24) is 14.9 Å². The van der Waals surface area contributed by atoms with Crippen LogP contribution in [0.1, 0.15) is 10.6 Å². The van der Waals surface area contributed by atoms with E-state index >= 15 is 0 Å². The van der Waals surface area contributed by atoms with E-state index in [2.05, 4.69) is 4.98 Å². The third-order valence-corrected chi connectivity index (χ3v) is 4.21. The van der Waals surface area contributed by atoms with E-state index in [0.29, 0.717) is 4.88 Å². The van der Waals surface area contributed by atoms with E-state index in [1.807, 2.05) is 23.0 Å². The Hall–Kier alpha value is -2.25. The summed E-state index contributed by atoms with van der Waals surface area (Å²) in [6.07, 6.45) is 1.84. The quantitative estimate of drug-likeness (QED) is 0.386. The summed E-state index contributed by atoms with van der Waals surface area (Å²) < 4.78 is 14.8. The van der Waals surface area contributed by atoms with Gasteiger partial charge < -0.3 is 0 Å². The van der Waals surface area contributed by atoms with E-state index in [4.69, 9.17) is 10.6 Å². The fourth-order valence-electron chi connectivity index (χ4n) is 1.99. The van der Waals surface area contributed by atoms with Crippen LogP contribution in [0.2, 0.25) is 0 Å². The Kier molecular flexibility index (Phi) is 3.00. The molecule has 0 aliphatic rings. The molecule has 1 aromatic carbocycles. The van der Waals surface area contributed by atoms with Crippen molar-refractivity contribution in [2.24, 2.45) is 0 Å². The molecule has 0 aliphatic heterocycles. The molecule has 0 fully saturated rings. The summed E-state index contributed by atoms with van der Waals surface area (Å²) in [5.41, 5.74) is 4.23. The highest BCUT2D eigenvalue weighted by Crippen LogP contribution is 2.27. The second-order valence-electron chi connectivity index (χ2n) is 4.29. The first-order valence-electron chi connectivity index (χ1n) is 5.83. The molecule has 0 atom stereocenters. The maximum absolute atomic E-state index is 12.9. The zero-order chi connectivity index (χ0) is 14.3. The predicted molar refractivity (Wildman–Crippen MR) is 75.0 cm³/mol. The third-order valence-electron chi connectivity index (χ3n) is 3.04. The van der Waals surface area contributed by atoms with Gasteiger partial charge in [-0.1, -0.05) is 11.3 Å². The van der Waals surface area contributed by atoms with E-state index in [9.17, 15) is 4.39 Å². The van der Waals surface area contributed by atoms with Gasteiger partial charge in [-0.05, 0) is 31.2 Å². The topological polar surface area (TPSA) is 73.4 Å². The summed E-state index contributed by atoms with van der Waals surface area (Å²) >= 11 is 1.31. The van der Waals surface area contributed by atoms with E-state index in [0.717, 1.165) is 21.9 Å². The van der Waals surface area contributed by atoms with Gasteiger partial charge in [0.15, 0.2) is 10.8 Å². The second-order valence-corrected chi connectivity index (χ2v) is 5.27. The lowest BCUT2D eigenvalue weighted by molar-refractivity contribution is 0.234. The molecule has 3 N–H and O–H groups in total. The maximum atomic E-state index is 12.9. The van der Waals surface area contributed by atoms with Gasteiger partial charge in [-0.15, -0.1) is 0 Å². The molecule has 0 amide bonds. The molecule has 3 aromatic rings. The van der Waals surface area contributed by atoms with Crippen molar-refractivity contribution < 1.29 is 9.60 Å². The van der Waals surface area contributed by atoms with Crippen molar-refractivity contribution in [2.45, 2.75) is 6.92 Å². The minimum absolute atomic E-state index is 0.0543. The number of imidazole rings is 1. The molecule has 0 saturated heterocycles. The van der Waals surface area contributed by atoms with Crippen molar-refractivity contribution in [3.8, 4) is 11.3 Å². The van der Waals surface area contributed by atoms with Gasteiger partial charge in [-0.3, -0.25) is 20.5 Å². The number of aromatic nitrogens is 2. The van der Waals surface area contributed by atoms with Crippen LogP contribution in [0, 0.1) is 18.2 Å². The molecular formula is C13H11FN4OS. The van der Waals surface area contributed by atoms with Crippen LogP contribution < -0.4 is 5.48 Å². The summed E-state index contributed by atoms with van der Waals surface area (Å²) in [6.45, 7) is 1.85. The number of nitrogens with zero attached hydrogens (tertiary/aromatic N) is 2. The lowest BCUT2D eigenvalue weighted by Gasteiger charge is -1.99. The summed E-state index contributed by atoms with van der Waals surface area (Å²) in [4.78, 5) is 5.81. The van der Waals surface area contributed by atoms with Crippen molar-refractivity contribution in [3.63, 3.8) is 0 Å². The first-order chi connectivity index (χ1) is 9.60. The molecule has 0 aliphatic carbocycles. The van der Waals surface area contributed by atoms with E-state index in [-0.39, 0.29) is 11.7 Å². The van der Waals surface area contributed by atoms with Crippen LogP contribution in [0.25, 0.3) is 16.2 Å². The van der Waals surface area contributed by atoms with E-state index in [1.54, 1.807) is 12.1 Å². The Bertz CT molecular complexity index is 791. The molecule has 7 heteroatoms. The van der Waals surface area contributed by atoms with Crippen LogP contribution in [0.3, 0.4) is 0 Å². The SMILES string of the molecule is Cc1c(C(=N)NO)sc2nc(-c3ccc(F)cc3)cn12. The van der Waals surface area contributed by atoms with Crippen LogP contribution in [-0.4, -0.2) is 20.4 Å². The molecule has 0 radical (unpaired) electrons. The first-order valence-corrected chi connectivity index (χ1v) is 6.65. The minimum atomic E-state index is -0.282. The standard InChI is InChI=1S/C13H11FN4OS/c1-7-11(12(15)17-19)20-13-16-10(6-18(7)13)8-2-4-9(14)5-3-8/h2-6,19H,1H3,(H2,15,17). The normalized spacial score (nSPS) is 10.9. The predicted octanol–water partition coefficient (Wildman–Crippen LogP) is 2.81. The van der Waals surface area contributed by atoms with Gasteiger partial charge in [0.05, 0.1) is 10.6 Å². The van der Waals surface area contributed by atoms with Crippen molar-refractivity contribution in [3.05, 3.63) is 46.9 Å². The molecule has 0 spiro atoms. The van der Waals surface area contributed by atoms with Gasteiger partial charge in [-0.2, -0.15) is 0 Å². The average Bonchev–Trinajstić information content (AvgIpc) is 2.99. The molecule has 3 rings (SSSR count). The number of fused-ring (bicyclic) bond motifs is 1. The molecule has 5 nitrogen and oxygen atoms in total. The van der Waals surface area contributed by atoms with Gasteiger partial charge in [0, 0.05) is 17.5 Å². The zero-order valence-electron chi connectivity index (χ0n) is 10.5. The monoisotopic (exact) mass is 290 g/mol. The molecule has 2 aromatic heterocycles. The fraction of sp³-hybridized carbons (Fsp3) is 0.0769. The smallest absolute Gasteiger partial charge is 0.195 e. The maximum Gasteiger partial charge on any atom is 0.195 e. The third kappa shape index (κ3) is 1.97. The number of rotatable bonds is 2. The molecule has 0 bridgehead atoms. The van der Waals surface area contributed by atoms with Gasteiger partial charge >= 0.3 is 0 Å². The molecule has 102 valence electrons. The number of nitrogens with one attached hydrogen (secondary N) is 2. The number of hydrogen-bond acceptors (Lipinski definition) is 4. The first kappa shape index (κ1) is 12.8. The van der Waals surface area contributed by atoms with Crippen molar-refractivity contribution >= 4 is 22.1 Å². The second kappa shape index (κ2) is 4.69. The van der Waals surface area contributed by atoms with Gasteiger partial charge in [-0.25, -0.2) is 9.37 Å². The van der Waals surface area contributed by atoms with Crippen LogP contribution in [0.5, 0.6) is 0 Å². The number of hydrogen-bond donors (Lipinski definition) is 3. The van der Waals surface area contributed by atoms with E-state index < -0.39 is 0 Å². The zero-order valence-corrected chi connectivity index (χ0v) is 11.3. The number of aryl methyl sites for hydroxylation is 1. The Morgan fingerprint density at radius 3 is 2.70 bits per heavy atom. The van der Waals surface area contributed by atoms with Gasteiger partial charge in [0.25, 0.3) is 0 Å². The van der Waals surface area contributed by atoms with Crippen LogP contribution in [0.4, 0.5) is 4.39 Å². The Labute approximate surface area is 117 Å². The number of halogens is 1. The summed E-state index contributed by atoms with van der Waals surface area (Å²) in [7, 11) is 0. The fourth-order valence-corrected chi connectivity index (χ4v) is 3.00. The Morgan fingerprint density at radius 1 is 1.40 bits per heavy atom. The van der Waals surface area contributed by atoms with Crippen LogP contribution in [-0.2, 0) is 0 Å². The van der Waals surface area contributed by atoms with E-state index in [1.165, 1.54) is 23.5 Å². The summed E-state index contributed by atoms with van der Waals surface area (Å²) in [6, 6.07) is 6.14. The number of amidine groups is 1. The number of thiazole rings is 1. The van der Waals surface area contributed by atoms with Gasteiger partial charge in [0.1, 0.15) is 5.82 Å². The Morgan fingerprint density at radius 2 is 2.10 bits per heavy atom.